The van der Waals surface area contributed by atoms with Gasteiger partial charge in [-0.05, 0) is 12.6 Å². The average molecular weight is 207 g/mol. The Kier molecular flexibility index (Phi) is 5.04. The Hall–Kier alpha value is -1.16. The zero-order chi connectivity index (χ0) is 11.1. The minimum atomic E-state index is -0.680. The number of aliphatic hydroxyl groups is 2. The molecule has 0 saturated heterocycles. The van der Waals surface area contributed by atoms with Crippen LogP contribution < -0.4 is 5.32 Å². The molecule has 15 heavy (non-hydrogen) atoms. The van der Waals surface area contributed by atoms with Crippen LogP contribution in [0.15, 0.2) is 36.4 Å². The first-order chi connectivity index (χ1) is 7.27. The molecule has 0 fully saturated rings. The highest BCUT2D eigenvalue weighted by atomic mass is 16.3. The van der Waals surface area contributed by atoms with Crippen molar-refractivity contribution >= 4 is 6.08 Å². The fraction of sp³-hybridized carbons (Fsp3) is 0.333. The van der Waals surface area contributed by atoms with Gasteiger partial charge in [-0.1, -0.05) is 42.5 Å². The molecule has 3 N–H and O–H groups in total. The lowest BCUT2D eigenvalue weighted by Crippen LogP contribution is -2.39. The maximum Gasteiger partial charge on any atom is 0.0899 e. The van der Waals surface area contributed by atoms with Gasteiger partial charge in [-0.25, -0.2) is 0 Å². The topological polar surface area (TPSA) is 52.5 Å². The van der Waals surface area contributed by atoms with Crippen molar-refractivity contribution in [3.63, 3.8) is 0 Å². The van der Waals surface area contributed by atoms with E-state index in [1.54, 1.807) is 13.1 Å². The Balaban J connectivity index is 2.57. The Bertz CT molecular complexity index is 294. The summed E-state index contributed by atoms with van der Waals surface area (Å²) in [5.41, 5.74) is 1.03. The Morgan fingerprint density at radius 3 is 2.53 bits per heavy atom. The number of benzene rings is 1. The van der Waals surface area contributed by atoms with E-state index in [2.05, 4.69) is 5.32 Å². The highest BCUT2D eigenvalue weighted by Crippen LogP contribution is 2.03. The van der Waals surface area contributed by atoms with Crippen molar-refractivity contribution in [1.82, 2.24) is 5.32 Å². The molecule has 3 nitrogen and oxygen atoms in total. The second-order valence-corrected chi connectivity index (χ2v) is 3.34. The second-order valence-electron chi connectivity index (χ2n) is 3.34. The zero-order valence-electron chi connectivity index (χ0n) is 8.80. The largest absolute Gasteiger partial charge is 0.395 e. The third-order valence-electron chi connectivity index (χ3n) is 2.27. The normalized spacial score (nSPS) is 15.4. The lowest BCUT2D eigenvalue weighted by Gasteiger charge is -2.16. The first kappa shape index (κ1) is 11.9. The van der Waals surface area contributed by atoms with Gasteiger partial charge in [0.25, 0.3) is 0 Å². The minimum absolute atomic E-state index is 0.0865. The predicted octanol–water partition coefficient (Wildman–Crippen LogP) is 0.641. The molecule has 3 heteroatoms. The summed E-state index contributed by atoms with van der Waals surface area (Å²) < 4.78 is 0. The van der Waals surface area contributed by atoms with Crippen molar-refractivity contribution in [2.24, 2.45) is 0 Å². The smallest absolute Gasteiger partial charge is 0.0899 e. The number of aliphatic hydroxyl groups excluding tert-OH is 2. The highest BCUT2D eigenvalue weighted by Gasteiger charge is 2.12. The first-order valence-corrected chi connectivity index (χ1v) is 4.97. The van der Waals surface area contributed by atoms with Crippen molar-refractivity contribution in [3.05, 3.63) is 42.0 Å². The fourth-order valence-electron chi connectivity index (χ4n) is 1.28. The molecule has 2 atom stereocenters. The van der Waals surface area contributed by atoms with Gasteiger partial charge in [-0.3, -0.25) is 0 Å². The molecule has 1 aromatic carbocycles. The molecule has 0 heterocycles. The summed E-state index contributed by atoms with van der Waals surface area (Å²) in [6, 6.07) is 9.41. The maximum atomic E-state index is 9.66. The van der Waals surface area contributed by atoms with E-state index in [1.165, 1.54) is 0 Å². The number of likely N-dealkylation sites (N-methyl/N-ethyl adjacent to an activating group) is 1. The van der Waals surface area contributed by atoms with Crippen LogP contribution in [0.3, 0.4) is 0 Å². The van der Waals surface area contributed by atoms with E-state index >= 15 is 0 Å². The second kappa shape index (κ2) is 6.35. The molecule has 0 aliphatic rings. The summed E-state index contributed by atoms with van der Waals surface area (Å²) in [7, 11) is 1.71. The lowest BCUT2D eigenvalue weighted by molar-refractivity contribution is 0.128. The van der Waals surface area contributed by atoms with Crippen molar-refractivity contribution in [2.45, 2.75) is 12.1 Å². The number of hydrogen-bond donors (Lipinski definition) is 3. The van der Waals surface area contributed by atoms with Crippen molar-refractivity contribution < 1.29 is 10.2 Å². The minimum Gasteiger partial charge on any atom is -0.395 e. The van der Waals surface area contributed by atoms with E-state index in [9.17, 15) is 5.11 Å². The van der Waals surface area contributed by atoms with Gasteiger partial charge >= 0.3 is 0 Å². The van der Waals surface area contributed by atoms with E-state index in [4.69, 9.17) is 5.11 Å². The maximum absolute atomic E-state index is 9.66. The molecule has 0 aliphatic heterocycles. The quantitative estimate of drug-likeness (QED) is 0.664. The molecule has 1 rings (SSSR count). The fourth-order valence-corrected chi connectivity index (χ4v) is 1.28. The third-order valence-corrected chi connectivity index (χ3v) is 2.27. The van der Waals surface area contributed by atoms with E-state index in [0.717, 1.165) is 5.56 Å². The van der Waals surface area contributed by atoms with Gasteiger partial charge in [0.15, 0.2) is 0 Å². The van der Waals surface area contributed by atoms with Crippen molar-refractivity contribution in [1.29, 1.82) is 0 Å². The summed E-state index contributed by atoms with van der Waals surface area (Å²) in [6.45, 7) is -0.0865. The molecule has 0 bridgehead atoms. The van der Waals surface area contributed by atoms with Crippen LogP contribution in [-0.2, 0) is 0 Å². The van der Waals surface area contributed by atoms with Crippen molar-refractivity contribution in [3.8, 4) is 0 Å². The van der Waals surface area contributed by atoms with Gasteiger partial charge in [-0.2, -0.15) is 0 Å². The van der Waals surface area contributed by atoms with Gasteiger partial charge < -0.3 is 15.5 Å². The lowest BCUT2D eigenvalue weighted by atomic mass is 10.1. The standard InChI is InChI=1S/C12H17NO2/c1-13-11(9-14)12(15)8-7-10-5-3-2-4-6-10/h2-8,11-15H,9H2,1H3/b8-7+/t11-,12+/m1/s1. The highest BCUT2D eigenvalue weighted by molar-refractivity contribution is 5.49. The van der Waals surface area contributed by atoms with Crippen molar-refractivity contribution in [2.75, 3.05) is 13.7 Å². The van der Waals surface area contributed by atoms with Gasteiger partial charge in [0, 0.05) is 0 Å². The van der Waals surface area contributed by atoms with E-state index in [0.29, 0.717) is 0 Å². The van der Waals surface area contributed by atoms with Crippen LogP contribution in [-0.4, -0.2) is 36.0 Å². The first-order valence-electron chi connectivity index (χ1n) is 4.97. The third kappa shape index (κ3) is 3.83. The molecule has 0 saturated carbocycles. The molecular formula is C12H17NO2. The molecule has 0 aliphatic carbocycles. The molecule has 82 valence electrons. The summed E-state index contributed by atoms with van der Waals surface area (Å²) in [5, 5.41) is 21.4. The Morgan fingerprint density at radius 2 is 2.00 bits per heavy atom. The van der Waals surface area contributed by atoms with Crippen LogP contribution in [0.4, 0.5) is 0 Å². The van der Waals surface area contributed by atoms with E-state index in [-0.39, 0.29) is 12.6 Å². The molecular weight excluding hydrogens is 190 g/mol. The summed E-state index contributed by atoms with van der Waals surface area (Å²) in [6.07, 6.45) is 2.83. The summed E-state index contributed by atoms with van der Waals surface area (Å²) in [4.78, 5) is 0. The Labute approximate surface area is 90.1 Å². The van der Waals surface area contributed by atoms with E-state index < -0.39 is 6.10 Å². The van der Waals surface area contributed by atoms with Gasteiger partial charge in [-0.15, -0.1) is 0 Å². The van der Waals surface area contributed by atoms with Gasteiger partial charge in [0.1, 0.15) is 0 Å². The Morgan fingerprint density at radius 1 is 1.33 bits per heavy atom. The van der Waals surface area contributed by atoms with Crippen LogP contribution in [0.25, 0.3) is 6.08 Å². The average Bonchev–Trinajstić information content (AvgIpc) is 2.29. The monoisotopic (exact) mass is 207 g/mol. The van der Waals surface area contributed by atoms with Crippen LogP contribution in [0.1, 0.15) is 5.56 Å². The van der Waals surface area contributed by atoms with Gasteiger partial charge in [0.2, 0.25) is 0 Å². The molecule has 0 amide bonds. The zero-order valence-corrected chi connectivity index (χ0v) is 8.80. The van der Waals surface area contributed by atoms with Crippen LogP contribution in [0, 0.1) is 0 Å². The van der Waals surface area contributed by atoms with Crippen LogP contribution in [0.2, 0.25) is 0 Å². The van der Waals surface area contributed by atoms with Crippen LogP contribution in [0.5, 0.6) is 0 Å². The number of nitrogens with one attached hydrogen (secondary N) is 1. The summed E-state index contributed by atoms with van der Waals surface area (Å²) in [5.74, 6) is 0. The molecule has 0 aromatic heterocycles. The SMILES string of the molecule is CN[C@H](CO)[C@@H](O)/C=C/c1ccccc1. The van der Waals surface area contributed by atoms with Gasteiger partial charge in [0.05, 0.1) is 18.8 Å². The summed E-state index contributed by atoms with van der Waals surface area (Å²) >= 11 is 0. The van der Waals surface area contributed by atoms with E-state index in [1.807, 2.05) is 36.4 Å². The number of rotatable bonds is 5. The number of hydrogen-bond acceptors (Lipinski definition) is 3. The molecule has 1 aromatic rings. The molecule has 0 radical (unpaired) electrons. The molecule has 0 spiro atoms. The molecule has 0 unspecified atom stereocenters. The predicted molar refractivity (Wildman–Crippen MR) is 61.4 cm³/mol. The van der Waals surface area contributed by atoms with Crippen LogP contribution >= 0.6 is 0 Å².